The predicted octanol–water partition coefficient (Wildman–Crippen LogP) is 3.71. The Hall–Kier alpha value is -1.64. The normalized spacial score (nSPS) is 10.8. The summed E-state index contributed by atoms with van der Waals surface area (Å²) in [5.74, 6) is -0.284. The summed E-state index contributed by atoms with van der Waals surface area (Å²) in [5.41, 5.74) is 2.27. The lowest BCUT2D eigenvalue weighted by molar-refractivity contribution is -0.143. The second-order valence-corrected chi connectivity index (χ2v) is 4.29. The molecule has 0 amide bonds. The SMILES string of the molecule is CCCCc1ccc(/C=N\OC(=O)CCC)cc1. The molecule has 0 N–H and O–H groups in total. The van der Waals surface area contributed by atoms with E-state index in [1.54, 1.807) is 6.21 Å². The number of rotatable bonds is 7. The Bertz CT molecular complexity index is 382. The van der Waals surface area contributed by atoms with Crippen molar-refractivity contribution in [3.05, 3.63) is 35.4 Å². The molecule has 0 saturated carbocycles. The first-order chi connectivity index (χ1) is 8.76. The maximum Gasteiger partial charge on any atom is 0.335 e. The van der Waals surface area contributed by atoms with Crippen LogP contribution < -0.4 is 0 Å². The van der Waals surface area contributed by atoms with E-state index in [2.05, 4.69) is 24.2 Å². The smallest absolute Gasteiger partial charge is 0.318 e. The van der Waals surface area contributed by atoms with Crippen LogP contribution in [-0.4, -0.2) is 12.2 Å². The van der Waals surface area contributed by atoms with Gasteiger partial charge in [0.2, 0.25) is 0 Å². The molecule has 0 aliphatic rings. The highest BCUT2D eigenvalue weighted by molar-refractivity contribution is 5.80. The van der Waals surface area contributed by atoms with E-state index in [1.807, 2.05) is 19.1 Å². The monoisotopic (exact) mass is 247 g/mol. The van der Waals surface area contributed by atoms with Gasteiger partial charge in [-0.3, -0.25) is 0 Å². The first-order valence-electron chi connectivity index (χ1n) is 6.58. The van der Waals surface area contributed by atoms with E-state index >= 15 is 0 Å². The number of benzene rings is 1. The Balaban J connectivity index is 2.43. The van der Waals surface area contributed by atoms with Crippen molar-refractivity contribution >= 4 is 12.2 Å². The Labute approximate surface area is 109 Å². The molecule has 1 rings (SSSR count). The van der Waals surface area contributed by atoms with Crippen LogP contribution in [0.25, 0.3) is 0 Å². The number of aryl methyl sites for hydroxylation is 1. The zero-order chi connectivity index (χ0) is 13.2. The van der Waals surface area contributed by atoms with Crippen molar-refractivity contribution in [1.29, 1.82) is 0 Å². The van der Waals surface area contributed by atoms with Gasteiger partial charge in [-0.2, -0.15) is 0 Å². The maximum absolute atomic E-state index is 11.1. The molecule has 18 heavy (non-hydrogen) atoms. The molecule has 0 aromatic heterocycles. The van der Waals surface area contributed by atoms with Crippen LogP contribution in [0, 0.1) is 0 Å². The molecule has 0 aliphatic carbocycles. The van der Waals surface area contributed by atoms with Crippen molar-refractivity contribution < 1.29 is 9.63 Å². The highest BCUT2D eigenvalue weighted by Gasteiger charge is 1.98. The van der Waals surface area contributed by atoms with Crippen molar-refractivity contribution in [2.24, 2.45) is 5.16 Å². The van der Waals surface area contributed by atoms with Gasteiger partial charge >= 0.3 is 5.97 Å². The summed E-state index contributed by atoms with van der Waals surface area (Å²) < 4.78 is 0. The Morgan fingerprint density at radius 2 is 1.94 bits per heavy atom. The number of nitrogens with zero attached hydrogens (tertiary/aromatic N) is 1. The van der Waals surface area contributed by atoms with E-state index < -0.39 is 0 Å². The summed E-state index contributed by atoms with van der Waals surface area (Å²) in [4.78, 5) is 15.8. The maximum atomic E-state index is 11.1. The number of hydrogen-bond acceptors (Lipinski definition) is 3. The fraction of sp³-hybridized carbons (Fsp3) is 0.467. The van der Waals surface area contributed by atoms with Gasteiger partial charge in [0.25, 0.3) is 0 Å². The van der Waals surface area contributed by atoms with Crippen LogP contribution in [0.1, 0.15) is 50.7 Å². The summed E-state index contributed by atoms with van der Waals surface area (Å²) in [7, 11) is 0. The van der Waals surface area contributed by atoms with Gasteiger partial charge < -0.3 is 4.84 Å². The Kier molecular flexibility index (Phi) is 6.77. The summed E-state index contributed by atoms with van der Waals surface area (Å²) in [5, 5.41) is 3.68. The summed E-state index contributed by atoms with van der Waals surface area (Å²) in [6.45, 7) is 4.12. The van der Waals surface area contributed by atoms with Gasteiger partial charge in [0.15, 0.2) is 0 Å². The third kappa shape index (κ3) is 5.62. The lowest BCUT2D eigenvalue weighted by atomic mass is 10.1. The van der Waals surface area contributed by atoms with Gasteiger partial charge in [-0.25, -0.2) is 4.79 Å². The van der Waals surface area contributed by atoms with Gasteiger partial charge in [0.05, 0.1) is 6.21 Å². The van der Waals surface area contributed by atoms with E-state index in [9.17, 15) is 4.79 Å². The second-order valence-electron chi connectivity index (χ2n) is 4.29. The van der Waals surface area contributed by atoms with Gasteiger partial charge in [-0.15, -0.1) is 0 Å². The van der Waals surface area contributed by atoms with Gasteiger partial charge in [-0.1, -0.05) is 49.7 Å². The number of unbranched alkanes of at least 4 members (excludes halogenated alkanes) is 1. The lowest BCUT2D eigenvalue weighted by Crippen LogP contribution is -1.98. The van der Waals surface area contributed by atoms with E-state index in [-0.39, 0.29) is 5.97 Å². The fourth-order valence-corrected chi connectivity index (χ4v) is 1.55. The third-order valence-electron chi connectivity index (χ3n) is 2.61. The van der Waals surface area contributed by atoms with Gasteiger partial charge in [-0.05, 0) is 30.4 Å². The summed E-state index contributed by atoms with van der Waals surface area (Å²) in [6.07, 6.45) is 6.28. The highest BCUT2D eigenvalue weighted by atomic mass is 16.7. The van der Waals surface area contributed by atoms with Gasteiger partial charge in [0.1, 0.15) is 0 Å². The summed E-state index contributed by atoms with van der Waals surface area (Å²) >= 11 is 0. The number of carbonyl (C=O) groups is 1. The third-order valence-corrected chi connectivity index (χ3v) is 2.61. The van der Waals surface area contributed by atoms with E-state index in [0.29, 0.717) is 6.42 Å². The van der Waals surface area contributed by atoms with Gasteiger partial charge in [0, 0.05) is 6.42 Å². The van der Waals surface area contributed by atoms with Crippen LogP contribution in [0.15, 0.2) is 29.4 Å². The van der Waals surface area contributed by atoms with Crippen LogP contribution in [-0.2, 0) is 16.1 Å². The average Bonchev–Trinajstić information content (AvgIpc) is 2.38. The molecule has 0 spiro atoms. The number of carbonyl (C=O) groups excluding carboxylic acids is 1. The molecule has 3 heteroatoms. The minimum atomic E-state index is -0.284. The largest absolute Gasteiger partial charge is 0.335 e. The predicted molar refractivity (Wildman–Crippen MR) is 73.6 cm³/mol. The van der Waals surface area contributed by atoms with Crippen LogP contribution >= 0.6 is 0 Å². The van der Waals surface area contributed by atoms with E-state index in [4.69, 9.17) is 4.84 Å². The molecule has 0 bridgehead atoms. The molecule has 0 aliphatic heterocycles. The molecule has 0 unspecified atom stereocenters. The van der Waals surface area contributed by atoms with Crippen LogP contribution in [0.3, 0.4) is 0 Å². The molecule has 1 aromatic rings. The minimum Gasteiger partial charge on any atom is -0.318 e. The topological polar surface area (TPSA) is 38.7 Å². The molecule has 98 valence electrons. The zero-order valence-electron chi connectivity index (χ0n) is 11.2. The molecule has 1 aromatic carbocycles. The molecule has 0 atom stereocenters. The van der Waals surface area contributed by atoms with Crippen molar-refractivity contribution in [2.75, 3.05) is 0 Å². The number of hydrogen-bond donors (Lipinski definition) is 0. The minimum absolute atomic E-state index is 0.284. The highest BCUT2D eigenvalue weighted by Crippen LogP contribution is 2.06. The van der Waals surface area contributed by atoms with E-state index in [1.165, 1.54) is 18.4 Å². The molecule has 0 heterocycles. The average molecular weight is 247 g/mol. The fourth-order valence-electron chi connectivity index (χ4n) is 1.55. The number of oxime groups is 1. The molecule has 0 saturated heterocycles. The van der Waals surface area contributed by atoms with Crippen LogP contribution in [0.5, 0.6) is 0 Å². The zero-order valence-corrected chi connectivity index (χ0v) is 11.2. The Morgan fingerprint density at radius 1 is 1.22 bits per heavy atom. The first-order valence-corrected chi connectivity index (χ1v) is 6.58. The molecule has 0 radical (unpaired) electrons. The van der Waals surface area contributed by atoms with Crippen LogP contribution in [0.4, 0.5) is 0 Å². The van der Waals surface area contributed by atoms with Crippen molar-refractivity contribution in [1.82, 2.24) is 0 Å². The lowest BCUT2D eigenvalue weighted by Gasteiger charge is -2.00. The second kappa shape index (κ2) is 8.45. The van der Waals surface area contributed by atoms with Crippen molar-refractivity contribution in [3.63, 3.8) is 0 Å². The van der Waals surface area contributed by atoms with Crippen molar-refractivity contribution in [2.45, 2.75) is 46.0 Å². The molecular formula is C15H21NO2. The van der Waals surface area contributed by atoms with E-state index in [0.717, 1.165) is 18.4 Å². The summed E-state index contributed by atoms with van der Waals surface area (Å²) in [6, 6.07) is 8.15. The van der Waals surface area contributed by atoms with Crippen LogP contribution in [0.2, 0.25) is 0 Å². The molecule has 0 fully saturated rings. The van der Waals surface area contributed by atoms with Crippen molar-refractivity contribution in [3.8, 4) is 0 Å². The molecular weight excluding hydrogens is 226 g/mol. The Morgan fingerprint density at radius 3 is 2.56 bits per heavy atom. The molecule has 3 nitrogen and oxygen atoms in total. The first kappa shape index (κ1) is 14.4. The standard InChI is InChI=1S/C15H21NO2/c1-3-5-7-13-8-10-14(11-9-13)12-16-18-15(17)6-4-2/h8-12H,3-7H2,1-2H3/b16-12-. The quantitative estimate of drug-likeness (QED) is 0.418.